The lowest BCUT2D eigenvalue weighted by atomic mass is 10.1. The number of carboxylic acid groups (broad SMARTS) is 1. The first kappa shape index (κ1) is 15.2. The van der Waals surface area contributed by atoms with Crippen molar-refractivity contribution in [2.75, 3.05) is 7.11 Å². The first-order valence-corrected chi connectivity index (χ1v) is 7.55. The zero-order valence-corrected chi connectivity index (χ0v) is 12.9. The van der Waals surface area contributed by atoms with Crippen LogP contribution in [0.4, 0.5) is 4.39 Å². The van der Waals surface area contributed by atoms with Gasteiger partial charge in [0.25, 0.3) is 0 Å². The second-order valence-corrected chi connectivity index (χ2v) is 5.71. The molecule has 4 nitrogen and oxygen atoms in total. The summed E-state index contributed by atoms with van der Waals surface area (Å²) in [4.78, 5) is 15.9. The van der Waals surface area contributed by atoms with E-state index in [9.17, 15) is 14.3 Å². The number of aromatic nitrogens is 1. The van der Waals surface area contributed by atoms with Crippen LogP contribution in [0.1, 0.15) is 9.67 Å². The van der Waals surface area contributed by atoms with E-state index in [4.69, 9.17) is 4.74 Å². The van der Waals surface area contributed by atoms with E-state index in [0.717, 1.165) is 16.9 Å². The smallest absolute Gasteiger partial charge is 0.348 e. The topological polar surface area (TPSA) is 59.4 Å². The first-order valence-electron chi connectivity index (χ1n) is 6.73. The molecule has 0 aliphatic carbocycles. The monoisotopic (exact) mass is 329 g/mol. The maximum absolute atomic E-state index is 14.0. The molecule has 0 atom stereocenters. The zero-order valence-electron chi connectivity index (χ0n) is 12.1. The summed E-state index contributed by atoms with van der Waals surface area (Å²) in [6.45, 7) is 0. The number of rotatable bonds is 4. The van der Waals surface area contributed by atoms with Crippen molar-refractivity contribution >= 4 is 17.3 Å². The standard InChI is InChI=1S/C17H12FNO3S/c1-22-11-6-4-5-10(9-11)16-19-14(15(23-16)17(20)21)12-7-2-3-8-13(12)18/h2-9H,1H3,(H,20,21). The predicted octanol–water partition coefficient (Wildman–Crippen LogP) is 4.32. The Morgan fingerprint density at radius 2 is 2.00 bits per heavy atom. The van der Waals surface area contributed by atoms with Gasteiger partial charge >= 0.3 is 5.97 Å². The van der Waals surface area contributed by atoms with E-state index in [0.29, 0.717) is 10.8 Å². The summed E-state index contributed by atoms with van der Waals surface area (Å²) < 4.78 is 19.2. The highest BCUT2D eigenvalue weighted by atomic mass is 32.1. The quantitative estimate of drug-likeness (QED) is 0.774. The van der Waals surface area contributed by atoms with Gasteiger partial charge in [-0.15, -0.1) is 11.3 Å². The van der Waals surface area contributed by atoms with Crippen LogP contribution in [0.5, 0.6) is 5.75 Å². The van der Waals surface area contributed by atoms with E-state index >= 15 is 0 Å². The van der Waals surface area contributed by atoms with Crippen molar-refractivity contribution in [3.05, 3.63) is 59.2 Å². The fourth-order valence-corrected chi connectivity index (χ4v) is 3.10. The van der Waals surface area contributed by atoms with Gasteiger partial charge in [-0.2, -0.15) is 0 Å². The number of carboxylic acids is 1. The Morgan fingerprint density at radius 1 is 1.22 bits per heavy atom. The van der Waals surface area contributed by atoms with Gasteiger partial charge < -0.3 is 9.84 Å². The summed E-state index contributed by atoms with van der Waals surface area (Å²) in [6, 6.07) is 13.1. The Balaban J connectivity index is 2.16. The molecule has 3 rings (SSSR count). The highest BCUT2D eigenvalue weighted by Gasteiger charge is 2.21. The van der Waals surface area contributed by atoms with Gasteiger partial charge in [-0.25, -0.2) is 14.2 Å². The minimum Gasteiger partial charge on any atom is -0.497 e. The third-order valence-corrected chi connectivity index (χ3v) is 4.36. The number of hydrogen-bond donors (Lipinski definition) is 1. The van der Waals surface area contributed by atoms with Crippen LogP contribution < -0.4 is 4.74 Å². The van der Waals surface area contributed by atoms with Crippen LogP contribution in [-0.4, -0.2) is 23.2 Å². The molecule has 116 valence electrons. The minimum atomic E-state index is -1.13. The highest BCUT2D eigenvalue weighted by Crippen LogP contribution is 2.35. The molecule has 0 saturated carbocycles. The van der Waals surface area contributed by atoms with Gasteiger partial charge in [-0.05, 0) is 24.3 Å². The second-order valence-electron chi connectivity index (χ2n) is 4.71. The number of benzene rings is 2. The lowest BCUT2D eigenvalue weighted by molar-refractivity contribution is 0.0702. The van der Waals surface area contributed by atoms with Crippen molar-refractivity contribution in [1.82, 2.24) is 4.98 Å². The van der Waals surface area contributed by atoms with Crippen molar-refractivity contribution in [3.8, 4) is 27.6 Å². The first-order chi connectivity index (χ1) is 11.1. The van der Waals surface area contributed by atoms with Crippen molar-refractivity contribution < 1.29 is 19.0 Å². The molecule has 0 aliphatic heterocycles. The summed E-state index contributed by atoms with van der Waals surface area (Å²) in [5.74, 6) is -0.991. The molecule has 23 heavy (non-hydrogen) atoms. The SMILES string of the molecule is COc1cccc(-c2nc(-c3ccccc3F)c(C(=O)O)s2)c1. The van der Waals surface area contributed by atoms with E-state index in [1.54, 1.807) is 43.5 Å². The number of aromatic carboxylic acids is 1. The van der Waals surface area contributed by atoms with Crippen LogP contribution in [0.25, 0.3) is 21.8 Å². The second kappa shape index (κ2) is 6.18. The average Bonchev–Trinajstić information content (AvgIpc) is 3.01. The van der Waals surface area contributed by atoms with E-state index < -0.39 is 11.8 Å². The summed E-state index contributed by atoms with van der Waals surface area (Å²) in [5, 5.41) is 9.90. The van der Waals surface area contributed by atoms with Crippen LogP contribution in [0.3, 0.4) is 0 Å². The molecule has 0 radical (unpaired) electrons. The molecule has 1 N–H and O–H groups in total. The highest BCUT2D eigenvalue weighted by molar-refractivity contribution is 7.17. The van der Waals surface area contributed by atoms with Gasteiger partial charge in [0.2, 0.25) is 0 Å². The van der Waals surface area contributed by atoms with Gasteiger partial charge in [-0.1, -0.05) is 24.3 Å². The molecule has 0 spiro atoms. The molecule has 1 heterocycles. The Morgan fingerprint density at radius 3 is 2.70 bits per heavy atom. The molecule has 0 amide bonds. The van der Waals surface area contributed by atoms with E-state index in [2.05, 4.69) is 4.98 Å². The van der Waals surface area contributed by atoms with E-state index in [1.807, 2.05) is 0 Å². The molecular formula is C17H12FNO3S. The Labute approximate surface area is 135 Å². The number of thiazole rings is 1. The van der Waals surface area contributed by atoms with Crippen LogP contribution in [0.15, 0.2) is 48.5 Å². The molecule has 0 saturated heterocycles. The zero-order chi connectivity index (χ0) is 16.4. The summed E-state index contributed by atoms with van der Waals surface area (Å²) in [5.41, 5.74) is 1.04. The lowest BCUT2D eigenvalue weighted by Crippen LogP contribution is -1.96. The van der Waals surface area contributed by atoms with E-state index in [-0.39, 0.29) is 16.1 Å². The summed E-state index contributed by atoms with van der Waals surface area (Å²) >= 11 is 1.01. The maximum atomic E-state index is 14.0. The van der Waals surface area contributed by atoms with Crippen LogP contribution >= 0.6 is 11.3 Å². The van der Waals surface area contributed by atoms with Crippen molar-refractivity contribution in [2.45, 2.75) is 0 Å². The number of carbonyl (C=O) groups is 1. The van der Waals surface area contributed by atoms with Gasteiger partial charge in [-0.3, -0.25) is 0 Å². The maximum Gasteiger partial charge on any atom is 0.348 e. The number of halogens is 1. The van der Waals surface area contributed by atoms with Gasteiger partial charge in [0.05, 0.1) is 12.8 Å². The van der Waals surface area contributed by atoms with Crippen molar-refractivity contribution in [2.24, 2.45) is 0 Å². The number of hydrogen-bond acceptors (Lipinski definition) is 4. The third kappa shape index (κ3) is 2.93. The summed E-state index contributed by atoms with van der Waals surface area (Å²) in [7, 11) is 1.55. The molecule has 2 aromatic carbocycles. The van der Waals surface area contributed by atoms with Gasteiger partial charge in [0.15, 0.2) is 0 Å². The minimum absolute atomic E-state index is 0.00733. The third-order valence-electron chi connectivity index (χ3n) is 3.27. The number of nitrogens with zero attached hydrogens (tertiary/aromatic N) is 1. The van der Waals surface area contributed by atoms with Crippen LogP contribution in [0.2, 0.25) is 0 Å². The van der Waals surface area contributed by atoms with Gasteiger partial charge in [0, 0.05) is 11.1 Å². The molecule has 0 fully saturated rings. The normalized spacial score (nSPS) is 10.5. The summed E-state index contributed by atoms with van der Waals surface area (Å²) in [6.07, 6.45) is 0. The molecular weight excluding hydrogens is 317 g/mol. The average molecular weight is 329 g/mol. The molecule has 0 unspecified atom stereocenters. The molecule has 1 aromatic heterocycles. The van der Waals surface area contributed by atoms with Crippen molar-refractivity contribution in [3.63, 3.8) is 0 Å². The number of ether oxygens (including phenoxy) is 1. The van der Waals surface area contributed by atoms with Crippen molar-refractivity contribution in [1.29, 1.82) is 0 Å². The molecule has 0 bridgehead atoms. The molecule has 3 aromatic rings. The van der Waals surface area contributed by atoms with E-state index in [1.165, 1.54) is 12.1 Å². The Bertz CT molecular complexity index is 876. The molecule has 6 heteroatoms. The number of methoxy groups -OCH3 is 1. The Hall–Kier alpha value is -2.73. The van der Waals surface area contributed by atoms with Gasteiger partial charge in [0.1, 0.15) is 21.5 Å². The van der Waals surface area contributed by atoms with Crippen LogP contribution in [0, 0.1) is 5.82 Å². The fraction of sp³-hybridized carbons (Fsp3) is 0.0588. The Kier molecular flexibility index (Phi) is 4.08. The van der Waals surface area contributed by atoms with Crippen LogP contribution in [-0.2, 0) is 0 Å². The fourth-order valence-electron chi connectivity index (χ4n) is 2.18. The largest absolute Gasteiger partial charge is 0.497 e. The lowest BCUT2D eigenvalue weighted by Gasteiger charge is -2.01. The predicted molar refractivity (Wildman–Crippen MR) is 86.5 cm³/mol. The molecule has 0 aliphatic rings.